The van der Waals surface area contributed by atoms with Gasteiger partial charge in [-0.3, -0.25) is 4.79 Å². The van der Waals surface area contributed by atoms with Crippen LogP contribution in [0.5, 0.6) is 5.75 Å². The summed E-state index contributed by atoms with van der Waals surface area (Å²) in [6, 6.07) is 14.2. The van der Waals surface area contributed by atoms with Crippen LogP contribution in [0.25, 0.3) is 10.9 Å². The minimum absolute atomic E-state index is 0.153. The first kappa shape index (κ1) is 17.6. The van der Waals surface area contributed by atoms with E-state index >= 15 is 0 Å². The Morgan fingerprint density at radius 2 is 1.93 bits per heavy atom. The minimum Gasteiger partial charge on any atom is -0.484 e. The first-order valence-corrected chi connectivity index (χ1v) is 9.35. The van der Waals surface area contributed by atoms with Crippen LogP contribution < -0.4 is 10.3 Å². The molecule has 0 aliphatic rings. The van der Waals surface area contributed by atoms with Crippen LogP contribution in [0.15, 0.2) is 63.0 Å². The van der Waals surface area contributed by atoms with Crippen molar-refractivity contribution >= 4 is 34.3 Å². The molecular formula is C18H13ClN4O3S. The van der Waals surface area contributed by atoms with E-state index < -0.39 is 0 Å². The first-order chi connectivity index (χ1) is 13.2. The van der Waals surface area contributed by atoms with Gasteiger partial charge in [0.05, 0.1) is 16.7 Å². The van der Waals surface area contributed by atoms with Gasteiger partial charge in [0.1, 0.15) is 11.6 Å². The number of thioether (sulfide) groups is 1. The number of nitrogens with one attached hydrogen (secondary N) is 1. The fraction of sp³-hybridized carbons (Fsp3) is 0.111. The van der Waals surface area contributed by atoms with Gasteiger partial charge in [0.15, 0.2) is 6.61 Å². The van der Waals surface area contributed by atoms with E-state index in [0.717, 1.165) is 0 Å². The van der Waals surface area contributed by atoms with Crippen LogP contribution >= 0.6 is 23.4 Å². The minimum atomic E-state index is -0.168. The highest BCUT2D eigenvalue weighted by Gasteiger charge is 2.10. The quantitative estimate of drug-likeness (QED) is 0.491. The third-order valence-corrected chi connectivity index (χ3v) is 4.70. The number of aromatic nitrogens is 4. The fourth-order valence-corrected chi connectivity index (χ4v) is 3.14. The molecule has 2 aromatic carbocycles. The molecule has 0 saturated carbocycles. The Balaban J connectivity index is 1.38. The van der Waals surface area contributed by atoms with Crippen molar-refractivity contribution in [2.24, 2.45) is 0 Å². The zero-order chi connectivity index (χ0) is 18.6. The lowest BCUT2D eigenvalue weighted by Gasteiger charge is -2.02. The van der Waals surface area contributed by atoms with Crippen molar-refractivity contribution in [3.63, 3.8) is 0 Å². The lowest BCUT2D eigenvalue weighted by atomic mass is 10.2. The molecule has 0 aliphatic carbocycles. The van der Waals surface area contributed by atoms with Crippen LogP contribution in [-0.2, 0) is 12.4 Å². The average Bonchev–Trinajstić information content (AvgIpc) is 3.14. The molecule has 0 unspecified atom stereocenters. The molecule has 27 heavy (non-hydrogen) atoms. The van der Waals surface area contributed by atoms with Gasteiger partial charge in [-0.15, -0.1) is 10.2 Å². The Morgan fingerprint density at radius 3 is 2.78 bits per heavy atom. The molecule has 0 radical (unpaired) electrons. The number of hydrogen-bond donors (Lipinski definition) is 1. The molecule has 4 rings (SSSR count). The van der Waals surface area contributed by atoms with Gasteiger partial charge in [0, 0.05) is 5.02 Å². The summed E-state index contributed by atoms with van der Waals surface area (Å²) < 4.78 is 11.1. The van der Waals surface area contributed by atoms with Gasteiger partial charge in [0.2, 0.25) is 0 Å². The zero-order valence-corrected chi connectivity index (χ0v) is 15.5. The average molecular weight is 401 g/mol. The van der Waals surface area contributed by atoms with Crippen molar-refractivity contribution in [1.29, 1.82) is 0 Å². The molecule has 9 heteroatoms. The number of halogens is 1. The van der Waals surface area contributed by atoms with Crippen molar-refractivity contribution in [3.05, 3.63) is 75.6 Å². The molecule has 0 amide bonds. The number of benzene rings is 2. The second kappa shape index (κ2) is 7.81. The van der Waals surface area contributed by atoms with Crippen LogP contribution in [0.4, 0.5) is 0 Å². The van der Waals surface area contributed by atoms with Crippen molar-refractivity contribution in [2.45, 2.75) is 17.6 Å². The van der Waals surface area contributed by atoms with Crippen LogP contribution in [0, 0.1) is 0 Å². The smallest absolute Gasteiger partial charge is 0.277 e. The maximum atomic E-state index is 12.1. The predicted molar refractivity (Wildman–Crippen MR) is 102 cm³/mol. The number of rotatable bonds is 6. The molecule has 2 aromatic heterocycles. The molecule has 0 saturated heterocycles. The maximum absolute atomic E-state index is 12.1. The first-order valence-electron chi connectivity index (χ1n) is 7.99. The van der Waals surface area contributed by atoms with Crippen LogP contribution in [0.2, 0.25) is 5.02 Å². The van der Waals surface area contributed by atoms with E-state index in [1.807, 2.05) is 6.07 Å². The third kappa shape index (κ3) is 4.29. The molecule has 2 heterocycles. The summed E-state index contributed by atoms with van der Waals surface area (Å²) in [5.74, 6) is 1.96. The van der Waals surface area contributed by atoms with E-state index in [2.05, 4.69) is 20.2 Å². The van der Waals surface area contributed by atoms with Crippen LogP contribution in [-0.4, -0.2) is 20.2 Å². The SMILES string of the molecule is O=c1[nH]c(CSc2nnc(COc3ccc(Cl)cc3)o2)nc2ccccc12. The molecule has 1 N–H and O–H groups in total. The van der Waals surface area contributed by atoms with E-state index in [4.69, 9.17) is 20.8 Å². The summed E-state index contributed by atoms with van der Waals surface area (Å²) in [7, 11) is 0. The highest BCUT2D eigenvalue weighted by atomic mass is 35.5. The molecule has 4 aromatic rings. The molecule has 136 valence electrons. The van der Waals surface area contributed by atoms with E-state index in [0.29, 0.717) is 44.4 Å². The number of para-hydroxylation sites is 1. The van der Waals surface area contributed by atoms with Crippen molar-refractivity contribution < 1.29 is 9.15 Å². The summed E-state index contributed by atoms with van der Waals surface area (Å²) >= 11 is 7.12. The highest BCUT2D eigenvalue weighted by Crippen LogP contribution is 2.21. The normalized spacial score (nSPS) is 11.0. The largest absolute Gasteiger partial charge is 0.484 e. The van der Waals surface area contributed by atoms with Gasteiger partial charge >= 0.3 is 0 Å². The van der Waals surface area contributed by atoms with Gasteiger partial charge < -0.3 is 14.1 Å². The highest BCUT2D eigenvalue weighted by molar-refractivity contribution is 7.98. The van der Waals surface area contributed by atoms with E-state index in [1.54, 1.807) is 42.5 Å². The Bertz CT molecular complexity index is 1130. The monoisotopic (exact) mass is 400 g/mol. The molecule has 0 aliphatic heterocycles. The van der Waals surface area contributed by atoms with Crippen molar-refractivity contribution in [3.8, 4) is 5.75 Å². The second-order valence-electron chi connectivity index (χ2n) is 5.52. The van der Waals surface area contributed by atoms with Crippen molar-refractivity contribution in [2.75, 3.05) is 0 Å². The standard InChI is InChI=1S/C18H13ClN4O3S/c19-11-5-7-12(8-6-11)25-9-16-22-23-18(26-16)27-10-15-20-14-4-2-1-3-13(14)17(24)21-15/h1-8H,9-10H2,(H,20,21,24). The summed E-state index contributed by atoms with van der Waals surface area (Å²) in [5.41, 5.74) is 0.484. The number of ether oxygens (including phenoxy) is 1. The Kier molecular flexibility index (Phi) is 5.08. The lowest BCUT2D eigenvalue weighted by molar-refractivity contribution is 0.252. The summed E-state index contributed by atoms with van der Waals surface area (Å²) in [6.07, 6.45) is 0. The van der Waals surface area contributed by atoms with Gasteiger partial charge in [-0.05, 0) is 36.4 Å². The van der Waals surface area contributed by atoms with Crippen molar-refractivity contribution in [1.82, 2.24) is 20.2 Å². The van der Waals surface area contributed by atoms with Gasteiger partial charge in [-0.2, -0.15) is 0 Å². The molecule has 0 bridgehead atoms. The number of aromatic amines is 1. The summed E-state index contributed by atoms with van der Waals surface area (Å²) in [6.45, 7) is 0.153. The van der Waals surface area contributed by atoms with Gasteiger partial charge in [0.25, 0.3) is 16.7 Å². The molecule has 0 spiro atoms. The molecule has 0 fully saturated rings. The second-order valence-corrected chi connectivity index (χ2v) is 6.89. The predicted octanol–water partition coefficient (Wildman–Crippen LogP) is 3.83. The molecular weight excluding hydrogens is 388 g/mol. The Morgan fingerprint density at radius 1 is 1.11 bits per heavy atom. The number of fused-ring (bicyclic) bond motifs is 1. The Hall–Kier alpha value is -2.84. The number of hydrogen-bond acceptors (Lipinski definition) is 7. The zero-order valence-electron chi connectivity index (χ0n) is 13.9. The fourth-order valence-electron chi connectivity index (χ4n) is 2.36. The van der Waals surface area contributed by atoms with E-state index in [9.17, 15) is 4.79 Å². The Labute approximate surface area is 162 Å². The number of H-pyrrole nitrogens is 1. The van der Waals surface area contributed by atoms with Crippen LogP contribution in [0.3, 0.4) is 0 Å². The van der Waals surface area contributed by atoms with Gasteiger partial charge in [-0.25, -0.2) is 4.98 Å². The lowest BCUT2D eigenvalue weighted by Crippen LogP contribution is -2.11. The molecule has 0 atom stereocenters. The summed E-state index contributed by atoms with van der Waals surface area (Å²) in [5, 5.41) is 9.49. The van der Waals surface area contributed by atoms with Crippen LogP contribution in [0.1, 0.15) is 11.7 Å². The summed E-state index contributed by atoms with van der Waals surface area (Å²) in [4.78, 5) is 19.3. The van der Waals surface area contributed by atoms with E-state index in [-0.39, 0.29) is 12.2 Å². The third-order valence-electron chi connectivity index (χ3n) is 3.62. The van der Waals surface area contributed by atoms with E-state index in [1.165, 1.54) is 11.8 Å². The topological polar surface area (TPSA) is 93.9 Å². The molecule has 7 nitrogen and oxygen atoms in total. The maximum Gasteiger partial charge on any atom is 0.277 e. The number of nitrogens with zero attached hydrogens (tertiary/aromatic N) is 3. The van der Waals surface area contributed by atoms with Gasteiger partial charge in [-0.1, -0.05) is 35.5 Å².